The van der Waals surface area contributed by atoms with Crippen molar-refractivity contribution in [3.05, 3.63) is 183 Å². The minimum Gasteiger partial charge on any atom is -0.491 e. The highest BCUT2D eigenvalue weighted by atomic mass is 16.6. The summed E-state index contributed by atoms with van der Waals surface area (Å²) in [6.45, 7) is -0.677. The summed E-state index contributed by atoms with van der Waals surface area (Å²) >= 11 is 0. The number of hydrogen-bond acceptors (Lipinski definition) is 11. The lowest BCUT2D eigenvalue weighted by Crippen LogP contribution is -2.55. The first-order valence-electron chi connectivity index (χ1n) is 21.4. The van der Waals surface area contributed by atoms with Crippen molar-refractivity contribution in [1.29, 1.82) is 0 Å². The van der Waals surface area contributed by atoms with Gasteiger partial charge in [-0.25, -0.2) is 9.69 Å². The Hall–Kier alpha value is -7.60. The fraction of sp³-hybridized carbons (Fsp3) is 0.255. The number of esters is 1. The summed E-state index contributed by atoms with van der Waals surface area (Å²) in [5.74, 6) is 2.60. The fourth-order valence-electron chi connectivity index (χ4n) is 9.96. The number of carbonyl (C=O) groups is 4. The van der Waals surface area contributed by atoms with Crippen LogP contribution in [0.1, 0.15) is 77.3 Å². The molecule has 0 saturated carbocycles. The van der Waals surface area contributed by atoms with E-state index in [-0.39, 0.29) is 36.8 Å². The standard InChI is InChI=1S/C51H44N4O10/c52-47(57)42-44-48(58)65-45(36-15-8-3-9-16-36)43(35-13-6-2-7-14-35)54(44)46(37-17-10-18-39(30-37)63-28-27-56)51(42)40-29-33(20-19-32-11-4-1-5-12-32)23-26-41(40)53(49(51)59)50(60)64-31-34-21-24-38(25-22-34)55(61)62/h2-3,6-11,13-18,21-26,29-30,42-46,56H,1,4-5,12,27-28,31H2,(H2,52,57)/t42-,43-,44-,45+,46+,51-/m1/s1. The fourth-order valence-corrected chi connectivity index (χ4v) is 9.96. The number of allylic oxidation sites excluding steroid dienone is 2. The Kier molecular flexibility index (Phi) is 11.7. The molecule has 5 aromatic carbocycles. The molecule has 3 amide bonds. The smallest absolute Gasteiger partial charge is 0.421 e. The molecule has 3 aliphatic heterocycles. The minimum absolute atomic E-state index is 0.0425. The van der Waals surface area contributed by atoms with E-state index in [9.17, 15) is 29.6 Å². The van der Waals surface area contributed by atoms with Gasteiger partial charge in [-0.3, -0.25) is 29.4 Å². The third-order valence-corrected chi connectivity index (χ3v) is 12.6. The number of benzene rings is 5. The predicted octanol–water partition coefficient (Wildman–Crippen LogP) is 7.31. The second kappa shape index (κ2) is 17.9. The number of primary amides is 1. The normalized spacial score (nSPS) is 23.4. The summed E-state index contributed by atoms with van der Waals surface area (Å²) in [5.41, 5.74) is 8.25. The van der Waals surface area contributed by atoms with Gasteiger partial charge in [0.2, 0.25) is 11.8 Å². The quantitative estimate of drug-likeness (QED) is 0.0619. The highest BCUT2D eigenvalue weighted by Gasteiger charge is 2.75. The third kappa shape index (κ3) is 7.68. The van der Waals surface area contributed by atoms with E-state index in [1.807, 2.05) is 65.6 Å². The number of aliphatic hydroxyl groups excluding tert-OH is 1. The van der Waals surface area contributed by atoms with Gasteiger partial charge in [-0.15, -0.1) is 0 Å². The van der Waals surface area contributed by atoms with Gasteiger partial charge in [0.05, 0.1) is 35.2 Å². The predicted molar refractivity (Wildman–Crippen MR) is 237 cm³/mol. The van der Waals surface area contributed by atoms with Crippen molar-refractivity contribution in [3.8, 4) is 17.6 Å². The van der Waals surface area contributed by atoms with Crippen LogP contribution in [-0.4, -0.2) is 58.1 Å². The molecule has 1 spiro atoms. The van der Waals surface area contributed by atoms with Crippen LogP contribution in [-0.2, 0) is 35.9 Å². The van der Waals surface area contributed by atoms with Crippen molar-refractivity contribution in [2.45, 2.75) is 61.9 Å². The van der Waals surface area contributed by atoms with Gasteiger partial charge in [-0.1, -0.05) is 90.7 Å². The van der Waals surface area contributed by atoms with Crippen molar-refractivity contribution in [2.75, 3.05) is 18.1 Å². The molecule has 14 nitrogen and oxygen atoms in total. The Labute approximate surface area is 374 Å². The number of ether oxygens (including phenoxy) is 3. The van der Waals surface area contributed by atoms with E-state index < -0.39 is 64.4 Å². The van der Waals surface area contributed by atoms with Crippen LogP contribution in [0.4, 0.5) is 16.2 Å². The summed E-state index contributed by atoms with van der Waals surface area (Å²) in [6, 6.07) is 32.3. The topological polar surface area (TPSA) is 192 Å². The number of nitro benzene ring substituents is 1. The molecule has 3 N–H and O–H groups in total. The first kappa shape index (κ1) is 42.7. The molecule has 5 aromatic rings. The molecule has 1 aliphatic carbocycles. The molecule has 65 heavy (non-hydrogen) atoms. The number of rotatable bonds is 10. The largest absolute Gasteiger partial charge is 0.491 e. The molecular weight excluding hydrogens is 829 g/mol. The SMILES string of the molecule is NC(=O)[C@H]1[C@@H]2C(=O)O[C@@H](c3ccccc3)[C@@H](c3ccccc3)N2[C@@H](c2cccc(OCCO)c2)[C@]12C(=O)N(C(=O)OCc1ccc([N+](=O)[O-])cc1)c1ccc(C#CC3=CCCCC3)cc12. The number of cyclic esters (lactones) is 1. The zero-order valence-electron chi connectivity index (χ0n) is 35.1. The Bertz CT molecular complexity index is 2770. The average Bonchev–Trinajstić information content (AvgIpc) is 3.79. The summed E-state index contributed by atoms with van der Waals surface area (Å²) in [7, 11) is 0. The van der Waals surface area contributed by atoms with Gasteiger partial charge >= 0.3 is 12.1 Å². The average molecular weight is 873 g/mol. The first-order chi connectivity index (χ1) is 31.6. The van der Waals surface area contributed by atoms with Crippen LogP contribution in [0.5, 0.6) is 5.75 Å². The monoisotopic (exact) mass is 872 g/mol. The van der Waals surface area contributed by atoms with Gasteiger partial charge in [0.15, 0.2) is 0 Å². The molecule has 0 radical (unpaired) electrons. The lowest BCUT2D eigenvalue weighted by atomic mass is 9.65. The highest BCUT2D eigenvalue weighted by Crippen LogP contribution is 2.66. The van der Waals surface area contributed by atoms with Gasteiger partial charge in [0.1, 0.15) is 36.5 Å². The second-order valence-electron chi connectivity index (χ2n) is 16.4. The lowest BCUT2D eigenvalue weighted by molar-refractivity contribution is -0.384. The van der Waals surface area contributed by atoms with E-state index in [4.69, 9.17) is 19.9 Å². The second-order valence-corrected chi connectivity index (χ2v) is 16.4. The van der Waals surface area contributed by atoms with Crippen LogP contribution in [0, 0.1) is 27.9 Å². The Balaban J connectivity index is 1.29. The molecule has 9 rings (SSSR count). The first-order valence-corrected chi connectivity index (χ1v) is 21.4. The van der Waals surface area contributed by atoms with E-state index in [2.05, 4.69) is 17.9 Å². The number of morpholine rings is 1. The van der Waals surface area contributed by atoms with Crippen molar-refractivity contribution in [3.63, 3.8) is 0 Å². The van der Waals surface area contributed by atoms with Gasteiger partial charge in [-0.05, 0) is 102 Å². The van der Waals surface area contributed by atoms with E-state index in [1.165, 1.54) is 24.3 Å². The molecule has 0 aromatic heterocycles. The molecule has 3 heterocycles. The van der Waals surface area contributed by atoms with Crippen LogP contribution < -0.4 is 15.4 Å². The van der Waals surface area contributed by atoms with E-state index in [1.54, 1.807) is 42.5 Å². The van der Waals surface area contributed by atoms with E-state index in [0.29, 0.717) is 33.6 Å². The van der Waals surface area contributed by atoms with Gasteiger partial charge in [-0.2, -0.15) is 0 Å². The molecule has 328 valence electrons. The molecule has 0 bridgehead atoms. The lowest BCUT2D eigenvalue weighted by Gasteiger charge is -2.46. The van der Waals surface area contributed by atoms with E-state index in [0.717, 1.165) is 36.2 Å². The van der Waals surface area contributed by atoms with Crippen LogP contribution >= 0.6 is 0 Å². The van der Waals surface area contributed by atoms with Crippen LogP contribution in [0.2, 0.25) is 0 Å². The maximum Gasteiger partial charge on any atom is 0.421 e. The number of nitro groups is 1. The molecule has 2 saturated heterocycles. The molecular formula is C51H44N4O10. The number of non-ortho nitro benzene ring substituents is 1. The minimum atomic E-state index is -2.10. The molecule has 14 heteroatoms. The Morgan fingerprint density at radius 1 is 0.862 bits per heavy atom. The van der Waals surface area contributed by atoms with E-state index >= 15 is 4.79 Å². The van der Waals surface area contributed by atoms with Crippen LogP contribution in [0.3, 0.4) is 0 Å². The maximum atomic E-state index is 16.1. The molecule has 4 aliphatic rings. The summed E-state index contributed by atoms with van der Waals surface area (Å²) in [6.07, 6.45) is 3.87. The molecule has 0 unspecified atom stereocenters. The van der Waals surface area contributed by atoms with Crippen molar-refractivity contribution < 1.29 is 43.4 Å². The van der Waals surface area contributed by atoms with Crippen molar-refractivity contribution >= 4 is 35.3 Å². The summed E-state index contributed by atoms with van der Waals surface area (Å²) < 4.78 is 18.1. The van der Waals surface area contributed by atoms with Gasteiger partial charge < -0.3 is 25.1 Å². The number of fused-ring (bicyclic) bond motifs is 3. The van der Waals surface area contributed by atoms with Crippen LogP contribution in [0.15, 0.2) is 139 Å². The number of hydrogen-bond donors (Lipinski definition) is 2. The van der Waals surface area contributed by atoms with Crippen LogP contribution in [0.25, 0.3) is 0 Å². The summed E-state index contributed by atoms with van der Waals surface area (Å²) in [5, 5.41) is 21.0. The molecule has 2 fully saturated rings. The number of nitrogens with zero attached hydrogens (tertiary/aromatic N) is 3. The third-order valence-electron chi connectivity index (χ3n) is 12.6. The zero-order valence-corrected chi connectivity index (χ0v) is 35.1. The number of anilines is 1. The van der Waals surface area contributed by atoms with Gasteiger partial charge in [0.25, 0.3) is 5.69 Å². The number of imide groups is 1. The summed E-state index contributed by atoms with van der Waals surface area (Å²) in [4.78, 5) is 73.7. The van der Waals surface area contributed by atoms with Crippen molar-refractivity contribution in [2.24, 2.45) is 11.7 Å². The molecule has 6 atom stereocenters. The number of amides is 3. The number of nitrogens with two attached hydrogens (primary N) is 1. The van der Waals surface area contributed by atoms with Crippen molar-refractivity contribution in [1.82, 2.24) is 4.90 Å². The Morgan fingerprint density at radius 3 is 2.26 bits per heavy atom. The Morgan fingerprint density at radius 2 is 1.58 bits per heavy atom. The van der Waals surface area contributed by atoms with Gasteiger partial charge in [0, 0.05) is 17.7 Å². The number of aliphatic hydroxyl groups is 1. The zero-order chi connectivity index (χ0) is 45.2. The maximum absolute atomic E-state index is 16.1. The highest BCUT2D eigenvalue weighted by molar-refractivity contribution is 6.23. The number of carbonyl (C=O) groups excluding carboxylic acids is 4.